The van der Waals surface area contributed by atoms with Gasteiger partial charge in [0.1, 0.15) is 0 Å². The topological polar surface area (TPSA) is 32.3 Å². The van der Waals surface area contributed by atoms with Crippen LogP contribution in [0, 0.1) is 0 Å². The normalized spacial score (nSPS) is 20.4. The predicted octanol–water partition coefficient (Wildman–Crippen LogP) is 3.08. The molecule has 3 heteroatoms. The summed E-state index contributed by atoms with van der Waals surface area (Å²) in [4.78, 5) is 0. The van der Waals surface area contributed by atoms with Gasteiger partial charge >= 0.3 is 0 Å². The Labute approximate surface area is 108 Å². The van der Waals surface area contributed by atoms with E-state index < -0.39 is 5.54 Å². The second-order valence-electron chi connectivity index (χ2n) is 5.10. The van der Waals surface area contributed by atoms with Crippen molar-refractivity contribution < 1.29 is 5.11 Å². The molecule has 1 aliphatic carbocycles. The lowest BCUT2D eigenvalue weighted by Gasteiger charge is -2.33. The number of hydrogen-bond donors (Lipinski definition) is 2. The lowest BCUT2D eigenvalue weighted by molar-refractivity contribution is 0.161. The molecule has 1 fully saturated rings. The van der Waals surface area contributed by atoms with Crippen molar-refractivity contribution in [1.29, 1.82) is 0 Å². The zero-order chi connectivity index (χ0) is 12.3. The SMILES string of the molecule is CC(CO)(NC1CCCC1)c1ccccc1Cl. The van der Waals surface area contributed by atoms with Crippen molar-refractivity contribution >= 4 is 11.6 Å². The van der Waals surface area contributed by atoms with Gasteiger partial charge in [-0.3, -0.25) is 0 Å². The molecule has 2 rings (SSSR count). The van der Waals surface area contributed by atoms with E-state index in [1.54, 1.807) is 0 Å². The zero-order valence-corrected chi connectivity index (χ0v) is 11.0. The molecule has 94 valence electrons. The first kappa shape index (κ1) is 12.9. The molecule has 17 heavy (non-hydrogen) atoms. The zero-order valence-electron chi connectivity index (χ0n) is 10.2. The maximum atomic E-state index is 9.70. The molecule has 1 atom stereocenters. The summed E-state index contributed by atoms with van der Waals surface area (Å²) >= 11 is 6.22. The monoisotopic (exact) mass is 253 g/mol. The Balaban J connectivity index is 2.20. The molecule has 0 aromatic heterocycles. The summed E-state index contributed by atoms with van der Waals surface area (Å²) in [6.07, 6.45) is 4.95. The van der Waals surface area contributed by atoms with E-state index in [1.807, 2.05) is 31.2 Å². The minimum absolute atomic E-state index is 0.0627. The molecular formula is C14H20ClNO. The average Bonchev–Trinajstić information content (AvgIpc) is 2.82. The van der Waals surface area contributed by atoms with Crippen LogP contribution < -0.4 is 5.32 Å². The van der Waals surface area contributed by atoms with E-state index in [4.69, 9.17) is 11.6 Å². The van der Waals surface area contributed by atoms with E-state index in [-0.39, 0.29) is 6.61 Å². The predicted molar refractivity (Wildman–Crippen MR) is 71.3 cm³/mol. The van der Waals surface area contributed by atoms with Crippen LogP contribution in [0.15, 0.2) is 24.3 Å². The van der Waals surface area contributed by atoms with Gasteiger partial charge in [0.25, 0.3) is 0 Å². The van der Waals surface area contributed by atoms with Gasteiger partial charge in [-0.2, -0.15) is 0 Å². The summed E-state index contributed by atoms with van der Waals surface area (Å²) in [5, 5.41) is 14.0. The lowest BCUT2D eigenvalue weighted by atomic mass is 9.91. The maximum absolute atomic E-state index is 9.70. The van der Waals surface area contributed by atoms with Crippen LogP contribution in [0.5, 0.6) is 0 Å². The molecule has 0 saturated heterocycles. The summed E-state index contributed by atoms with van der Waals surface area (Å²) in [7, 11) is 0. The molecular weight excluding hydrogens is 234 g/mol. The Bertz CT molecular complexity index is 376. The third kappa shape index (κ3) is 2.82. The summed E-state index contributed by atoms with van der Waals surface area (Å²) in [5.41, 5.74) is 0.545. The fourth-order valence-corrected chi connectivity index (χ4v) is 2.98. The van der Waals surface area contributed by atoms with Gasteiger partial charge in [-0.15, -0.1) is 0 Å². The highest BCUT2D eigenvalue weighted by Gasteiger charge is 2.31. The molecule has 0 aliphatic heterocycles. The van der Waals surface area contributed by atoms with E-state index in [0.717, 1.165) is 10.6 Å². The van der Waals surface area contributed by atoms with Gasteiger partial charge in [-0.05, 0) is 31.4 Å². The Morgan fingerprint density at radius 1 is 1.35 bits per heavy atom. The van der Waals surface area contributed by atoms with Gasteiger partial charge in [0.2, 0.25) is 0 Å². The van der Waals surface area contributed by atoms with E-state index in [2.05, 4.69) is 5.32 Å². The first-order valence-electron chi connectivity index (χ1n) is 6.29. The van der Waals surface area contributed by atoms with Gasteiger partial charge in [0, 0.05) is 11.1 Å². The molecule has 0 amide bonds. The van der Waals surface area contributed by atoms with Crippen molar-refractivity contribution in [3.05, 3.63) is 34.9 Å². The molecule has 1 aromatic carbocycles. The number of hydrogen-bond acceptors (Lipinski definition) is 2. The molecule has 0 bridgehead atoms. The molecule has 1 aliphatic rings. The number of halogens is 1. The minimum Gasteiger partial charge on any atom is -0.394 e. The largest absolute Gasteiger partial charge is 0.394 e. The van der Waals surface area contributed by atoms with Crippen LogP contribution in [0.2, 0.25) is 5.02 Å². The van der Waals surface area contributed by atoms with Gasteiger partial charge < -0.3 is 10.4 Å². The summed E-state index contributed by atoms with van der Waals surface area (Å²) in [5.74, 6) is 0. The third-order valence-corrected chi connectivity index (χ3v) is 3.99. The van der Waals surface area contributed by atoms with Crippen molar-refractivity contribution in [3.63, 3.8) is 0 Å². The molecule has 0 heterocycles. The van der Waals surface area contributed by atoms with Crippen LogP contribution in [0.25, 0.3) is 0 Å². The van der Waals surface area contributed by atoms with Gasteiger partial charge in [-0.1, -0.05) is 42.6 Å². The Morgan fingerprint density at radius 2 is 2.00 bits per heavy atom. The maximum Gasteiger partial charge on any atom is 0.0657 e. The number of aliphatic hydroxyl groups excluding tert-OH is 1. The molecule has 2 N–H and O–H groups in total. The second-order valence-corrected chi connectivity index (χ2v) is 5.50. The average molecular weight is 254 g/mol. The lowest BCUT2D eigenvalue weighted by Crippen LogP contribution is -2.47. The molecule has 1 unspecified atom stereocenters. The fourth-order valence-electron chi connectivity index (χ4n) is 2.64. The first-order chi connectivity index (χ1) is 8.15. The summed E-state index contributed by atoms with van der Waals surface area (Å²) < 4.78 is 0. The van der Waals surface area contributed by atoms with E-state index in [0.29, 0.717) is 6.04 Å². The van der Waals surface area contributed by atoms with Crippen molar-refractivity contribution in [1.82, 2.24) is 5.32 Å². The number of aliphatic hydroxyl groups is 1. The Hall–Kier alpha value is -0.570. The smallest absolute Gasteiger partial charge is 0.0657 e. The second kappa shape index (κ2) is 5.38. The Morgan fingerprint density at radius 3 is 2.59 bits per heavy atom. The highest BCUT2D eigenvalue weighted by molar-refractivity contribution is 6.31. The van der Waals surface area contributed by atoms with E-state index in [1.165, 1.54) is 25.7 Å². The van der Waals surface area contributed by atoms with Crippen LogP contribution in [0.4, 0.5) is 0 Å². The highest BCUT2D eigenvalue weighted by atomic mass is 35.5. The van der Waals surface area contributed by atoms with Crippen molar-refractivity contribution in [2.45, 2.75) is 44.2 Å². The molecule has 0 radical (unpaired) electrons. The van der Waals surface area contributed by atoms with Gasteiger partial charge in [0.15, 0.2) is 0 Å². The van der Waals surface area contributed by atoms with E-state index in [9.17, 15) is 5.11 Å². The number of nitrogens with one attached hydrogen (secondary N) is 1. The molecule has 0 spiro atoms. The van der Waals surface area contributed by atoms with Crippen LogP contribution >= 0.6 is 11.6 Å². The number of benzene rings is 1. The standard InChI is InChI=1S/C14H20ClNO/c1-14(10-17,16-11-6-2-3-7-11)12-8-4-5-9-13(12)15/h4-5,8-9,11,16-17H,2-3,6-7,10H2,1H3. The van der Waals surface area contributed by atoms with Crippen LogP contribution in [-0.2, 0) is 5.54 Å². The van der Waals surface area contributed by atoms with Crippen molar-refractivity contribution in [3.8, 4) is 0 Å². The third-order valence-electron chi connectivity index (χ3n) is 3.66. The minimum atomic E-state index is -0.437. The Kier molecular flexibility index (Phi) is 4.08. The van der Waals surface area contributed by atoms with Gasteiger partial charge in [-0.25, -0.2) is 0 Å². The van der Waals surface area contributed by atoms with Crippen LogP contribution in [-0.4, -0.2) is 17.8 Å². The van der Waals surface area contributed by atoms with Crippen LogP contribution in [0.3, 0.4) is 0 Å². The fraction of sp³-hybridized carbons (Fsp3) is 0.571. The first-order valence-corrected chi connectivity index (χ1v) is 6.67. The van der Waals surface area contributed by atoms with Crippen LogP contribution in [0.1, 0.15) is 38.2 Å². The molecule has 1 saturated carbocycles. The van der Waals surface area contributed by atoms with E-state index >= 15 is 0 Å². The van der Waals surface area contributed by atoms with Crippen molar-refractivity contribution in [2.24, 2.45) is 0 Å². The van der Waals surface area contributed by atoms with Gasteiger partial charge in [0.05, 0.1) is 12.1 Å². The molecule has 1 aromatic rings. The number of rotatable bonds is 4. The summed E-state index contributed by atoms with van der Waals surface area (Å²) in [6.45, 7) is 2.08. The summed E-state index contributed by atoms with van der Waals surface area (Å²) in [6, 6.07) is 8.25. The highest BCUT2D eigenvalue weighted by Crippen LogP contribution is 2.30. The molecule has 2 nitrogen and oxygen atoms in total. The quantitative estimate of drug-likeness (QED) is 0.864. The van der Waals surface area contributed by atoms with Crippen molar-refractivity contribution in [2.75, 3.05) is 6.61 Å².